The number of aryl methyl sites for hydroxylation is 2. The van der Waals surface area contributed by atoms with Crippen molar-refractivity contribution in [2.75, 3.05) is 0 Å². The summed E-state index contributed by atoms with van der Waals surface area (Å²) in [6, 6.07) is 36.5. The summed E-state index contributed by atoms with van der Waals surface area (Å²) >= 11 is 0. The van der Waals surface area contributed by atoms with Gasteiger partial charge in [-0.25, -0.2) is 0 Å². The van der Waals surface area contributed by atoms with Crippen LogP contribution in [0.3, 0.4) is 0 Å². The lowest BCUT2D eigenvalue weighted by molar-refractivity contribution is 0.0759. The van der Waals surface area contributed by atoms with Crippen molar-refractivity contribution in [1.29, 1.82) is 0 Å². The van der Waals surface area contributed by atoms with Gasteiger partial charge in [0.1, 0.15) is 0 Å². The molecule has 0 bridgehead atoms. The van der Waals surface area contributed by atoms with Gasteiger partial charge in [-0.05, 0) is 122 Å². The summed E-state index contributed by atoms with van der Waals surface area (Å²) in [5.41, 5.74) is 13.5. The number of carbonyl (C=O) groups is 2. The molecule has 2 fully saturated rings. The number of Topliss-reactive ketones (excluding diaryl/α,β-unsaturated/α-hetero) is 2. The van der Waals surface area contributed by atoms with Crippen molar-refractivity contribution in [2.45, 2.75) is 77.0 Å². The molecule has 0 unspecified atom stereocenters. The lowest BCUT2D eigenvalue weighted by atomic mass is 9.69. The predicted molar refractivity (Wildman–Crippen MR) is 228 cm³/mol. The molecule has 0 atom stereocenters. The molecule has 0 saturated heterocycles. The average molecular weight is 725 g/mol. The minimum Gasteiger partial charge on any atom is -0.308 e. The van der Waals surface area contributed by atoms with Gasteiger partial charge in [-0.15, -0.1) is 0 Å². The van der Waals surface area contributed by atoms with Gasteiger partial charge in [0.25, 0.3) is 0 Å². The van der Waals surface area contributed by atoms with Crippen LogP contribution in [-0.4, -0.2) is 20.4 Å². The maximum absolute atomic E-state index is 14.5. The number of aromatic nitrogens is 2. The molecule has 4 heteroatoms. The second-order valence-electron chi connectivity index (χ2n) is 18.2. The molecule has 0 radical (unpaired) electrons. The number of para-hydroxylation sites is 2. The highest BCUT2D eigenvalue weighted by molar-refractivity contribution is 6.29. The van der Waals surface area contributed by atoms with Gasteiger partial charge in [-0.3, -0.25) is 9.59 Å². The van der Waals surface area contributed by atoms with Crippen molar-refractivity contribution in [3.63, 3.8) is 0 Å². The van der Waals surface area contributed by atoms with Crippen LogP contribution in [0.5, 0.6) is 0 Å². The molecule has 4 aliphatic carbocycles. The van der Waals surface area contributed by atoms with Crippen molar-refractivity contribution in [3.8, 4) is 11.1 Å². The van der Waals surface area contributed by atoms with Crippen molar-refractivity contribution >= 4 is 87.8 Å². The molecule has 2 spiro atoms. The van der Waals surface area contributed by atoms with Crippen LogP contribution in [0.1, 0.15) is 96.1 Å². The number of hydrogen-bond donors (Lipinski definition) is 0. The quantitative estimate of drug-likeness (QED) is 0.169. The molecule has 4 aliphatic rings. The summed E-state index contributed by atoms with van der Waals surface area (Å²) in [5.74, 6) is 0.731. The highest BCUT2D eigenvalue weighted by Gasteiger charge is 2.46. The van der Waals surface area contributed by atoms with Crippen LogP contribution < -0.4 is 0 Å². The molecule has 270 valence electrons. The van der Waals surface area contributed by atoms with E-state index in [1.165, 1.54) is 87.4 Å². The van der Waals surface area contributed by atoms with Crippen molar-refractivity contribution < 1.29 is 9.59 Å². The molecule has 14 rings (SSSR count). The van der Waals surface area contributed by atoms with Crippen molar-refractivity contribution in [1.82, 2.24) is 8.80 Å². The zero-order chi connectivity index (χ0) is 36.7. The first-order valence-corrected chi connectivity index (χ1v) is 21.1. The van der Waals surface area contributed by atoms with Crippen molar-refractivity contribution in [3.05, 3.63) is 119 Å². The lowest BCUT2D eigenvalue weighted by Crippen LogP contribution is -2.33. The summed E-state index contributed by atoms with van der Waals surface area (Å²) in [5, 5.41) is 10.0. The van der Waals surface area contributed by atoms with E-state index < -0.39 is 0 Å². The van der Waals surface area contributed by atoms with Crippen LogP contribution in [0, 0.1) is 10.8 Å². The minimum absolute atomic E-state index is 0.185. The van der Waals surface area contributed by atoms with Gasteiger partial charge in [0.05, 0.1) is 33.1 Å². The summed E-state index contributed by atoms with van der Waals surface area (Å²) in [4.78, 5) is 28.9. The Morgan fingerprint density at radius 3 is 1.57 bits per heavy atom. The average Bonchev–Trinajstić information content (AvgIpc) is 4.10. The first-order chi connectivity index (χ1) is 27.5. The first kappa shape index (κ1) is 30.5. The highest BCUT2D eigenvalue weighted by atomic mass is 16.1. The van der Waals surface area contributed by atoms with Gasteiger partial charge in [-0.1, -0.05) is 74.2 Å². The van der Waals surface area contributed by atoms with Crippen molar-refractivity contribution in [2.24, 2.45) is 10.8 Å². The Morgan fingerprint density at radius 1 is 0.411 bits per heavy atom. The number of benzene rings is 6. The Labute approximate surface area is 323 Å². The van der Waals surface area contributed by atoms with Gasteiger partial charge in [-0.2, -0.15) is 0 Å². The van der Waals surface area contributed by atoms with E-state index >= 15 is 0 Å². The number of ketones is 2. The van der Waals surface area contributed by atoms with Gasteiger partial charge in [0.2, 0.25) is 0 Å². The molecule has 6 aromatic carbocycles. The van der Waals surface area contributed by atoms with E-state index in [2.05, 4.69) is 106 Å². The molecule has 4 nitrogen and oxygen atoms in total. The van der Waals surface area contributed by atoms with Crippen LogP contribution in [-0.2, 0) is 12.8 Å². The number of fused-ring (bicyclic) bond motifs is 14. The van der Waals surface area contributed by atoms with Crippen LogP contribution in [0.25, 0.3) is 87.3 Å². The Kier molecular flexibility index (Phi) is 5.53. The zero-order valence-corrected chi connectivity index (χ0v) is 31.4. The Bertz CT molecular complexity index is 3280. The summed E-state index contributed by atoms with van der Waals surface area (Å²) in [6.45, 7) is 0. The predicted octanol–water partition coefficient (Wildman–Crippen LogP) is 13.0. The summed E-state index contributed by atoms with van der Waals surface area (Å²) in [7, 11) is 0. The molecule has 0 amide bonds. The van der Waals surface area contributed by atoms with E-state index in [0.29, 0.717) is 11.6 Å². The maximum Gasteiger partial charge on any atom is 0.169 e. The van der Waals surface area contributed by atoms with Gasteiger partial charge >= 0.3 is 0 Å². The summed E-state index contributed by atoms with van der Waals surface area (Å²) in [6.07, 6.45) is 12.6. The number of carbonyl (C=O) groups excluding carboxylic acids is 2. The normalized spacial score (nSPS) is 19.3. The molecule has 0 N–H and O–H groups in total. The van der Waals surface area contributed by atoms with Gasteiger partial charge in [0.15, 0.2) is 11.6 Å². The highest BCUT2D eigenvalue weighted by Crippen LogP contribution is 2.52. The van der Waals surface area contributed by atoms with Gasteiger partial charge < -0.3 is 8.80 Å². The van der Waals surface area contributed by atoms with Crippen LogP contribution in [0.2, 0.25) is 0 Å². The molecule has 2 saturated carbocycles. The number of hydrogen-bond acceptors (Lipinski definition) is 2. The second-order valence-corrected chi connectivity index (χ2v) is 18.2. The molecule has 4 aromatic heterocycles. The molecular formula is C52H40N2O2. The maximum atomic E-state index is 14.5. The third-order valence-electron chi connectivity index (χ3n) is 15.7. The van der Waals surface area contributed by atoms with E-state index in [-0.39, 0.29) is 10.8 Å². The number of nitrogens with zero attached hydrogens (tertiary/aromatic N) is 2. The Balaban J connectivity index is 1.10. The van der Waals surface area contributed by atoms with E-state index in [4.69, 9.17) is 0 Å². The fraction of sp³-hybridized carbons (Fsp3) is 0.269. The fourth-order valence-corrected chi connectivity index (χ4v) is 13.0. The molecule has 10 aromatic rings. The Hall–Kier alpha value is -5.74. The molecule has 0 aliphatic heterocycles. The van der Waals surface area contributed by atoms with E-state index in [0.717, 1.165) is 99.2 Å². The zero-order valence-electron chi connectivity index (χ0n) is 31.4. The van der Waals surface area contributed by atoms with E-state index in [1.54, 1.807) is 0 Å². The smallest absolute Gasteiger partial charge is 0.169 e. The van der Waals surface area contributed by atoms with Gasteiger partial charge in [0, 0.05) is 65.0 Å². The SMILES string of the molecule is O=C1c2cc3c(cc2CCC12CCCC2)c1cc(-c2cccc4c2c2cccc5c6ccccc6n4c52)cc2c4cc5c(cc4n3c12)C(=O)C1(CCCC1)CC5. The molecular weight excluding hydrogens is 685 g/mol. The monoisotopic (exact) mass is 724 g/mol. The largest absolute Gasteiger partial charge is 0.308 e. The molecule has 4 heterocycles. The minimum atomic E-state index is -0.185. The molecule has 56 heavy (non-hydrogen) atoms. The lowest BCUT2D eigenvalue weighted by Gasteiger charge is -2.33. The fourth-order valence-electron chi connectivity index (χ4n) is 13.0. The van der Waals surface area contributed by atoms with Crippen LogP contribution in [0.4, 0.5) is 0 Å². The van der Waals surface area contributed by atoms with E-state index in [1.807, 2.05) is 0 Å². The van der Waals surface area contributed by atoms with Crippen LogP contribution in [0.15, 0.2) is 97.1 Å². The Morgan fingerprint density at radius 2 is 0.929 bits per heavy atom. The second kappa shape index (κ2) is 10.2. The first-order valence-electron chi connectivity index (χ1n) is 21.1. The third kappa shape index (κ3) is 3.51. The standard InChI is InChI=1S/C52H40N2O2/c55-49-36-27-44-38(23-29(36)15-21-51(49)17-3-4-18-51)40-25-31(32-10-8-14-43-46(32)35-12-7-11-34-33-9-1-2-13-42(33)53(43)47(34)35)26-41-39-24-30-16-22-52(19-5-6-20-52)50(56)37(30)28-45(39)54(44)48(40)41/h1-2,7-14,23-28H,3-6,15-22H2. The van der Waals surface area contributed by atoms with E-state index in [9.17, 15) is 9.59 Å². The van der Waals surface area contributed by atoms with Crippen LogP contribution >= 0.6 is 0 Å². The summed E-state index contributed by atoms with van der Waals surface area (Å²) < 4.78 is 4.90. The topological polar surface area (TPSA) is 43.0 Å². The number of rotatable bonds is 1. The third-order valence-corrected chi connectivity index (χ3v) is 15.7.